The fraction of sp³-hybridized carbons (Fsp3) is 0.385. The number of hydrogen-bond acceptors (Lipinski definition) is 2. The lowest BCUT2D eigenvalue weighted by atomic mass is 10.0. The summed E-state index contributed by atoms with van der Waals surface area (Å²) < 4.78 is 0.690. The third-order valence-corrected chi connectivity index (χ3v) is 3.71. The Labute approximate surface area is 115 Å². The molecule has 0 aromatic heterocycles. The molecule has 0 aliphatic heterocycles. The van der Waals surface area contributed by atoms with Crippen LogP contribution < -0.4 is 5.32 Å². The summed E-state index contributed by atoms with van der Waals surface area (Å²) in [6, 6.07) is 4.41. The number of hydrogen-bond donors (Lipinski definition) is 2. The molecular weight excluding hydrogens is 298 g/mol. The third kappa shape index (κ3) is 3.32. The van der Waals surface area contributed by atoms with Gasteiger partial charge in [0.2, 0.25) is 0 Å². The van der Waals surface area contributed by atoms with Gasteiger partial charge in [-0.1, -0.05) is 26.0 Å². The summed E-state index contributed by atoms with van der Waals surface area (Å²) in [5.74, 6) is -1.58. The van der Waals surface area contributed by atoms with Crippen molar-refractivity contribution >= 4 is 27.8 Å². The molecule has 1 unspecified atom stereocenters. The van der Waals surface area contributed by atoms with Crippen LogP contribution in [-0.4, -0.2) is 23.0 Å². The summed E-state index contributed by atoms with van der Waals surface area (Å²) in [7, 11) is 0. The van der Waals surface area contributed by atoms with Crippen molar-refractivity contribution in [1.29, 1.82) is 0 Å². The molecule has 0 aliphatic carbocycles. The summed E-state index contributed by atoms with van der Waals surface area (Å²) >= 11 is 3.34. The molecule has 0 aliphatic rings. The van der Waals surface area contributed by atoms with Gasteiger partial charge in [0, 0.05) is 4.47 Å². The maximum atomic E-state index is 12.0. The molecule has 1 aromatic rings. The molecule has 0 heterocycles. The first-order valence-electron chi connectivity index (χ1n) is 5.63. The Morgan fingerprint density at radius 2 is 1.94 bits per heavy atom. The molecule has 1 aromatic carbocycles. The maximum absolute atomic E-state index is 12.0. The van der Waals surface area contributed by atoms with Gasteiger partial charge in [0.05, 0.1) is 5.56 Å². The zero-order valence-electron chi connectivity index (χ0n) is 10.5. The first-order valence-corrected chi connectivity index (χ1v) is 6.42. The molecule has 1 rings (SSSR count). The normalized spacial score (nSPS) is 12.3. The average molecular weight is 314 g/mol. The minimum atomic E-state index is -1.03. The molecule has 2 N–H and O–H groups in total. The zero-order valence-corrected chi connectivity index (χ0v) is 12.1. The molecular formula is C13H16BrNO3. The standard InChI is InChI=1S/C13H16BrNO3/c1-7(2)11(13(17)18)15-12(16)9-6-4-5-8(3)10(9)14/h4-7,11H,1-3H3,(H,15,16)(H,17,18). The zero-order chi connectivity index (χ0) is 13.9. The van der Waals surface area contributed by atoms with E-state index in [0.29, 0.717) is 10.0 Å². The number of benzene rings is 1. The van der Waals surface area contributed by atoms with Gasteiger partial charge in [-0.05, 0) is 40.4 Å². The quantitative estimate of drug-likeness (QED) is 0.898. The second kappa shape index (κ2) is 6.00. The number of amides is 1. The molecule has 1 atom stereocenters. The van der Waals surface area contributed by atoms with Crippen molar-refractivity contribution in [2.24, 2.45) is 5.92 Å². The van der Waals surface area contributed by atoms with Gasteiger partial charge < -0.3 is 10.4 Å². The highest BCUT2D eigenvalue weighted by Gasteiger charge is 2.24. The van der Waals surface area contributed by atoms with Gasteiger partial charge in [0.25, 0.3) is 5.91 Å². The van der Waals surface area contributed by atoms with E-state index in [1.807, 2.05) is 13.0 Å². The van der Waals surface area contributed by atoms with Crippen molar-refractivity contribution < 1.29 is 14.7 Å². The first-order chi connectivity index (χ1) is 8.34. The maximum Gasteiger partial charge on any atom is 0.326 e. The molecule has 1 amide bonds. The number of aryl methyl sites for hydroxylation is 1. The Hall–Kier alpha value is -1.36. The first kappa shape index (κ1) is 14.7. The highest BCUT2D eigenvalue weighted by atomic mass is 79.9. The van der Waals surface area contributed by atoms with E-state index in [2.05, 4.69) is 21.2 Å². The van der Waals surface area contributed by atoms with Crippen molar-refractivity contribution in [3.8, 4) is 0 Å². The Bertz CT molecular complexity index is 471. The predicted molar refractivity (Wildman–Crippen MR) is 72.6 cm³/mol. The summed E-state index contributed by atoms with van der Waals surface area (Å²) in [6.45, 7) is 5.38. The third-order valence-electron chi connectivity index (χ3n) is 2.66. The van der Waals surface area contributed by atoms with Gasteiger partial charge in [0.15, 0.2) is 0 Å². The van der Waals surface area contributed by atoms with E-state index in [4.69, 9.17) is 5.11 Å². The Morgan fingerprint density at radius 1 is 1.33 bits per heavy atom. The lowest BCUT2D eigenvalue weighted by Crippen LogP contribution is -2.44. The molecule has 98 valence electrons. The number of carbonyl (C=O) groups is 2. The summed E-state index contributed by atoms with van der Waals surface area (Å²) in [4.78, 5) is 23.1. The number of rotatable bonds is 4. The monoisotopic (exact) mass is 313 g/mol. The van der Waals surface area contributed by atoms with Crippen LogP contribution in [-0.2, 0) is 4.79 Å². The van der Waals surface area contributed by atoms with E-state index in [1.54, 1.807) is 26.0 Å². The van der Waals surface area contributed by atoms with Crippen molar-refractivity contribution in [3.05, 3.63) is 33.8 Å². The van der Waals surface area contributed by atoms with Crippen LogP contribution in [0.4, 0.5) is 0 Å². The largest absolute Gasteiger partial charge is 0.480 e. The van der Waals surface area contributed by atoms with E-state index in [0.717, 1.165) is 5.56 Å². The molecule has 4 nitrogen and oxygen atoms in total. The van der Waals surface area contributed by atoms with E-state index >= 15 is 0 Å². The second-order valence-corrected chi connectivity index (χ2v) is 5.26. The fourth-order valence-corrected chi connectivity index (χ4v) is 2.00. The van der Waals surface area contributed by atoms with E-state index < -0.39 is 12.0 Å². The lowest BCUT2D eigenvalue weighted by Gasteiger charge is -2.18. The highest BCUT2D eigenvalue weighted by molar-refractivity contribution is 9.10. The van der Waals surface area contributed by atoms with Gasteiger partial charge in [-0.2, -0.15) is 0 Å². The molecule has 0 fully saturated rings. The molecule has 5 heteroatoms. The van der Waals surface area contributed by atoms with Crippen LogP contribution in [0.15, 0.2) is 22.7 Å². The van der Waals surface area contributed by atoms with Gasteiger partial charge in [-0.3, -0.25) is 4.79 Å². The number of carboxylic acids is 1. The predicted octanol–water partition coefficient (Wildman–Crippen LogP) is 2.60. The van der Waals surface area contributed by atoms with E-state index in [-0.39, 0.29) is 11.8 Å². The fourth-order valence-electron chi connectivity index (χ4n) is 1.56. The van der Waals surface area contributed by atoms with Crippen LogP contribution in [0.1, 0.15) is 29.8 Å². The van der Waals surface area contributed by atoms with Crippen molar-refractivity contribution in [2.75, 3.05) is 0 Å². The van der Waals surface area contributed by atoms with Crippen LogP contribution in [0.3, 0.4) is 0 Å². The van der Waals surface area contributed by atoms with Crippen molar-refractivity contribution in [1.82, 2.24) is 5.32 Å². The number of aliphatic carboxylic acids is 1. The Balaban J connectivity index is 2.94. The minimum absolute atomic E-state index is 0.171. The Kier molecular flexibility index (Phi) is 4.90. The SMILES string of the molecule is Cc1cccc(C(=O)NC(C(=O)O)C(C)C)c1Br. The number of halogens is 1. The molecule has 0 saturated heterocycles. The van der Waals surface area contributed by atoms with Gasteiger partial charge in [-0.25, -0.2) is 4.79 Å². The summed E-state index contributed by atoms with van der Waals surface area (Å²) in [6.07, 6.45) is 0. The number of nitrogens with one attached hydrogen (secondary N) is 1. The van der Waals surface area contributed by atoms with Crippen LogP contribution in [0.25, 0.3) is 0 Å². The van der Waals surface area contributed by atoms with Gasteiger partial charge >= 0.3 is 5.97 Å². The van der Waals surface area contributed by atoms with Gasteiger partial charge in [0.1, 0.15) is 6.04 Å². The smallest absolute Gasteiger partial charge is 0.326 e. The van der Waals surface area contributed by atoms with Crippen molar-refractivity contribution in [3.63, 3.8) is 0 Å². The molecule has 0 radical (unpaired) electrons. The highest BCUT2D eigenvalue weighted by Crippen LogP contribution is 2.21. The molecule has 0 saturated carbocycles. The van der Waals surface area contributed by atoms with Crippen LogP contribution in [0.2, 0.25) is 0 Å². The summed E-state index contributed by atoms with van der Waals surface area (Å²) in [5.41, 5.74) is 1.38. The van der Waals surface area contributed by atoms with Gasteiger partial charge in [-0.15, -0.1) is 0 Å². The molecule has 0 spiro atoms. The number of carboxylic acid groups (broad SMARTS) is 1. The van der Waals surface area contributed by atoms with E-state index in [9.17, 15) is 9.59 Å². The van der Waals surface area contributed by atoms with E-state index in [1.165, 1.54) is 0 Å². The van der Waals surface area contributed by atoms with Crippen molar-refractivity contribution in [2.45, 2.75) is 26.8 Å². The average Bonchev–Trinajstić information content (AvgIpc) is 2.28. The minimum Gasteiger partial charge on any atom is -0.480 e. The summed E-state index contributed by atoms with van der Waals surface area (Å²) in [5, 5.41) is 11.6. The van der Waals surface area contributed by atoms with Crippen LogP contribution in [0, 0.1) is 12.8 Å². The number of carbonyl (C=O) groups excluding carboxylic acids is 1. The topological polar surface area (TPSA) is 66.4 Å². The molecule has 0 bridgehead atoms. The Morgan fingerprint density at radius 3 is 2.44 bits per heavy atom. The second-order valence-electron chi connectivity index (χ2n) is 4.47. The van der Waals surface area contributed by atoms with Crippen LogP contribution >= 0.6 is 15.9 Å². The molecule has 18 heavy (non-hydrogen) atoms. The lowest BCUT2D eigenvalue weighted by molar-refractivity contribution is -0.140. The van der Waals surface area contributed by atoms with Crippen LogP contribution in [0.5, 0.6) is 0 Å².